The lowest BCUT2D eigenvalue weighted by molar-refractivity contribution is -0.137. The van der Waals surface area contributed by atoms with Gasteiger partial charge in [0.15, 0.2) is 0 Å². The van der Waals surface area contributed by atoms with Crippen LogP contribution >= 0.6 is 0 Å². The maximum absolute atomic E-state index is 13.6. The number of nitrogens with zero attached hydrogens (tertiary/aromatic N) is 1. The standard InChI is InChI=1S/C20H26FN3O3/c1-13-8-19(2,3)12-20(9-13)17(26)24(18(27)23-20)11-16(25)22-10-14-6-4-5-7-15(14)21/h4-7,13H,8-12H2,1-3H3,(H,22,25)(H,23,27)/t13-,20+/m0/s1. The van der Waals surface area contributed by atoms with Gasteiger partial charge in [0.2, 0.25) is 5.91 Å². The molecule has 1 heterocycles. The van der Waals surface area contributed by atoms with E-state index in [1.165, 1.54) is 6.07 Å². The summed E-state index contributed by atoms with van der Waals surface area (Å²) in [5, 5.41) is 5.41. The van der Waals surface area contributed by atoms with Gasteiger partial charge in [-0.15, -0.1) is 0 Å². The van der Waals surface area contributed by atoms with Crippen molar-refractivity contribution in [2.24, 2.45) is 11.3 Å². The van der Waals surface area contributed by atoms with Crippen molar-refractivity contribution in [3.05, 3.63) is 35.6 Å². The number of carbonyl (C=O) groups is 3. The molecule has 1 saturated carbocycles. The second kappa shape index (κ2) is 6.94. The fraction of sp³-hybridized carbons (Fsp3) is 0.550. The van der Waals surface area contributed by atoms with Gasteiger partial charge in [-0.3, -0.25) is 14.5 Å². The van der Waals surface area contributed by atoms with Gasteiger partial charge in [0, 0.05) is 12.1 Å². The first-order chi connectivity index (χ1) is 12.6. The lowest BCUT2D eigenvalue weighted by Crippen LogP contribution is -2.54. The largest absolute Gasteiger partial charge is 0.350 e. The summed E-state index contributed by atoms with van der Waals surface area (Å²) < 4.78 is 13.6. The third-order valence-corrected chi connectivity index (χ3v) is 5.36. The molecule has 1 spiro atoms. The second-order valence-corrected chi connectivity index (χ2v) is 8.63. The Kier molecular flexibility index (Phi) is 4.97. The minimum atomic E-state index is -0.927. The van der Waals surface area contributed by atoms with Gasteiger partial charge in [-0.1, -0.05) is 39.0 Å². The van der Waals surface area contributed by atoms with Gasteiger partial charge in [0.05, 0.1) is 0 Å². The average Bonchev–Trinajstić information content (AvgIpc) is 2.75. The molecular weight excluding hydrogens is 349 g/mol. The number of imide groups is 1. The molecule has 6 nitrogen and oxygen atoms in total. The van der Waals surface area contributed by atoms with E-state index in [0.717, 1.165) is 11.3 Å². The van der Waals surface area contributed by atoms with Gasteiger partial charge in [-0.2, -0.15) is 0 Å². The Balaban J connectivity index is 1.65. The number of rotatable bonds is 4. The van der Waals surface area contributed by atoms with E-state index in [9.17, 15) is 18.8 Å². The highest BCUT2D eigenvalue weighted by Gasteiger charge is 2.56. The topological polar surface area (TPSA) is 78.5 Å². The zero-order valence-electron chi connectivity index (χ0n) is 16.0. The number of carbonyl (C=O) groups excluding carboxylic acids is 3. The molecule has 0 bridgehead atoms. The van der Waals surface area contributed by atoms with Crippen molar-refractivity contribution in [3.8, 4) is 0 Å². The average molecular weight is 375 g/mol. The van der Waals surface area contributed by atoms with Crippen LogP contribution in [-0.2, 0) is 16.1 Å². The van der Waals surface area contributed by atoms with Crippen LogP contribution < -0.4 is 10.6 Å². The molecule has 2 N–H and O–H groups in total. The van der Waals surface area contributed by atoms with E-state index in [4.69, 9.17) is 0 Å². The molecule has 1 saturated heterocycles. The lowest BCUT2D eigenvalue weighted by Gasteiger charge is -2.43. The van der Waals surface area contributed by atoms with Crippen LogP contribution in [0.25, 0.3) is 0 Å². The summed E-state index contributed by atoms with van der Waals surface area (Å²) >= 11 is 0. The quantitative estimate of drug-likeness (QED) is 0.794. The zero-order valence-corrected chi connectivity index (χ0v) is 16.0. The zero-order chi connectivity index (χ0) is 19.8. The molecule has 0 unspecified atom stereocenters. The number of nitrogens with one attached hydrogen (secondary N) is 2. The van der Waals surface area contributed by atoms with Crippen molar-refractivity contribution in [3.63, 3.8) is 0 Å². The fourth-order valence-corrected chi connectivity index (χ4v) is 4.68. The number of benzene rings is 1. The summed E-state index contributed by atoms with van der Waals surface area (Å²) in [6.07, 6.45) is 2.12. The first-order valence-corrected chi connectivity index (χ1v) is 9.26. The number of halogens is 1. The summed E-state index contributed by atoms with van der Waals surface area (Å²) in [7, 11) is 0. The SMILES string of the molecule is C[C@H]1CC(C)(C)C[C@@]2(C1)NC(=O)N(CC(=O)NCc1ccccc1F)C2=O. The molecule has 146 valence electrons. The van der Waals surface area contributed by atoms with Crippen molar-refractivity contribution < 1.29 is 18.8 Å². The van der Waals surface area contributed by atoms with E-state index in [1.807, 2.05) is 0 Å². The third kappa shape index (κ3) is 3.96. The molecule has 2 fully saturated rings. The Morgan fingerprint density at radius 3 is 2.67 bits per heavy atom. The summed E-state index contributed by atoms with van der Waals surface area (Å²) in [6, 6.07) is 5.60. The molecule has 0 radical (unpaired) electrons. The van der Waals surface area contributed by atoms with E-state index < -0.39 is 23.3 Å². The molecular formula is C20H26FN3O3. The van der Waals surface area contributed by atoms with Crippen molar-refractivity contribution >= 4 is 17.8 Å². The molecule has 2 atom stereocenters. The van der Waals surface area contributed by atoms with Crippen molar-refractivity contribution in [2.45, 2.75) is 52.1 Å². The van der Waals surface area contributed by atoms with E-state index in [2.05, 4.69) is 31.4 Å². The van der Waals surface area contributed by atoms with Gasteiger partial charge in [-0.25, -0.2) is 9.18 Å². The maximum atomic E-state index is 13.6. The minimum Gasteiger partial charge on any atom is -0.350 e. The second-order valence-electron chi connectivity index (χ2n) is 8.63. The Labute approximate surface area is 158 Å². The van der Waals surface area contributed by atoms with Crippen LogP contribution in [0.15, 0.2) is 24.3 Å². The molecule has 27 heavy (non-hydrogen) atoms. The first kappa shape index (κ1) is 19.3. The highest BCUT2D eigenvalue weighted by Crippen LogP contribution is 2.46. The van der Waals surface area contributed by atoms with Gasteiger partial charge in [-0.05, 0) is 36.7 Å². The third-order valence-electron chi connectivity index (χ3n) is 5.36. The number of hydrogen-bond acceptors (Lipinski definition) is 3. The van der Waals surface area contributed by atoms with Crippen LogP contribution in [0.4, 0.5) is 9.18 Å². The summed E-state index contributed by atoms with van der Waals surface area (Å²) in [4.78, 5) is 38.6. The fourth-order valence-electron chi connectivity index (χ4n) is 4.68. The highest BCUT2D eigenvalue weighted by atomic mass is 19.1. The lowest BCUT2D eigenvalue weighted by atomic mass is 9.64. The maximum Gasteiger partial charge on any atom is 0.325 e. The molecule has 1 aromatic rings. The molecule has 1 aliphatic carbocycles. The summed E-state index contributed by atoms with van der Waals surface area (Å²) in [5.74, 6) is -0.951. The molecule has 1 aliphatic heterocycles. The van der Waals surface area contributed by atoms with Crippen LogP contribution in [0.3, 0.4) is 0 Å². The van der Waals surface area contributed by atoms with Crippen LogP contribution in [0, 0.1) is 17.2 Å². The normalized spacial score (nSPS) is 27.0. The smallest absolute Gasteiger partial charge is 0.325 e. The minimum absolute atomic E-state index is 0.00433. The Morgan fingerprint density at radius 2 is 2.00 bits per heavy atom. The van der Waals surface area contributed by atoms with Crippen LogP contribution in [0.1, 0.15) is 45.6 Å². The van der Waals surface area contributed by atoms with E-state index in [0.29, 0.717) is 24.3 Å². The van der Waals surface area contributed by atoms with Gasteiger partial charge >= 0.3 is 6.03 Å². The van der Waals surface area contributed by atoms with Crippen molar-refractivity contribution in [2.75, 3.05) is 6.54 Å². The van der Waals surface area contributed by atoms with Crippen LogP contribution in [0.5, 0.6) is 0 Å². The van der Waals surface area contributed by atoms with Gasteiger partial charge in [0.25, 0.3) is 5.91 Å². The van der Waals surface area contributed by atoms with E-state index in [-0.39, 0.29) is 24.4 Å². The van der Waals surface area contributed by atoms with Gasteiger partial charge < -0.3 is 10.6 Å². The molecule has 2 aliphatic rings. The van der Waals surface area contributed by atoms with Crippen LogP contribution in [0.2, 0.25) is 0 Å². The Morgan fingerprint density at radius 1 is 1.30 bits per heavy atom. The molecule has 0 aromatic heterocycles. The molecule has 4 amide bonds. The van der Waals surface area contributed by atoms with E-state index in [1.54, 1.807) is 18.2 Å². The number of urea groups is 1. The Hall–Kier alpha value is -2.44. The molecule has 3 rings (SSSR count). The first-order valence-electron chi connectivity index (χ1n) is 9.26. The predicted molar refractivity (Wildman–Crippen MR) is 98.0 cm³/mol. The number of hydrogen-bond donors (Lipinski definition) is 2. The van der Waals surface area contributed by atoms with Gasteiger partial charge in [0.1, 0.15) is 17.9 Å². The molecule has 1 aromatic carbocycles. The predicted octanol–water partition coefficient (Wildman–Crippen LogP) is 2.58. The van der Waals surface area contributed by atoms with Crippen LogP contribution in [-0.4, -0.2) is 34.8 Å². The number of amides is 4. The van der Waals surface area contributed by atoms with Crippen molar-refractivity contribution in [1.29, 1.82) is 0 Å². The van der Waals surface area contributed by atoms with Crippen molar-refractivity contribution in [1.82, 2.24) is 15.5 Å². The highest BCUT2D eigenvalue weighted by molar-refractivity contribution is 6.09. The summed E-state index contributed by atoms with van der Waals surface area (Å²) in [5.41, 5.74) is -0.643. The monoisotopic (exact) mass is 375 g/mol. The molecule has 7 heteroatoms. The van der Waals surface area contributed by atoms with E-state index >= 15 is 0 Å². The Bertz CT molecular complexity index is 779. The summed E-state index contributed by atoms with van der Waals surface area (Å²) in [6.45, 7) is 5.90.